The molecule has 1 amide bonds. The molecule has 0 aromatic heterocycles. The van der Waals surface area contributed by atoms with E-state index in [1.54, 1.807) is 0 Å². The van der Waals surface area contributed by atoms with E-state index < -0.39 is 12.4 Å². The molecule has 1 aliphatic rings. The van der Waals surface area contributed by atoms with Crippen LogP contribution in [0.15, 0.2) is 0 Å². The van der Waals surface area contributed by atoms with Crippen LogP contribution in [-0.2, 0) is 4.74 Å². The number of amides is 1. The molecule has 0 aromatic rings. The molecule has 0 aliphatic carbocycles. The van der Waals surface area contributed by atoms with Gasteiger partial charge in [-0.05, 0) is 0 Å². The summed E-state index contributed by atoms with van der Waals surface area (Å²) >= 11 is 0. The lowest BCUT2D eigenvalue weighted by atomic mass is 10.7. The Morgan fingerprint density at radius 2 is 2.50 bits per heavy atom. The molecule has 8 heavy (non-hydrogen) atoms. The second-order valence-corrected chi connectivity index (χ2v) is 1.42. The smallest absolute Gasteiger partial charge is 0.416 e. The van der Waals surface area contributed by atoms with Gasteiger partial charge in [0.25, 0.3) is 0 Å². The Hall–Kier alpha value is -0.810. The molecule has 1 heterocycles. The molecule has 5 heteroatoms. The van der Waals surface area contributed by atoms with Crippen LogP contribution in [0.3, 0.4) is 0 Å². The van der Waals surface area contributed by atoms with Gasteiger partial charge in [-0.15, -0.1) is 0 Å². The Balaban J connectivity index is 2.51. The molecule has 0 spiro atoms. The molecule has 46 valence electrons. The maximum Gasteiger partial charge on any atom is 0.436 e. The number of nitrogens with zero attached hydrogens (tertiary/aromatic N) is 1. The standard InChI is InChI=1S/C3H5NO4/c5-2-1-4(7)3(6)8-2/h2,5,7H,1H2. The third kappa shape index (κ3) is 0.728. The van der Waals surface area contributed by atoms with E-state index in [4.69, 9.17) is 10.3 Å². The van der Waals surface area contributed by atoms with E-state index in [1.165, 1.54) is 0 Å². The van der Waals surface area contributed by atoms with Crippen LogP contribution in [0.5, 0.6) is 0 Å². The third-order valence-electron chi connectivity index (χ3n) is 0.777. The van der Waals surface area contributed by atoms with Crippen LogP contribution in [0.4, 0.5) is 4.79 Å². The van der Waals surface area contributed by atoms with E-state index in [-0.39, 0.29) is 6.54 Å². The number of hydrogen-bond acceptors (Lipinski definition) is 4. The molecule has 1 atom stereocenters. The van der Waals surface area contributed by atoms with Crippen molar-refractivity contribution < 1.29 is 19.8 Å². The molecule has 0 saturated carbocycles. The van der Waals surface area contributed by atoms with E-state index in [0.717, 1.165) is 0 Å². The second kappa shape index (κ2) is 1.61. The maximum absolute atomic E-state index is 10.1. The van der Waals surface area contributed by atoms with Gasteiger partial charge >= 0.3 is 6.09 Å². The zero-order valence-electron chi connectivity index (χ0n) is 3.94. The van der Waals surface area contributed by atoms with Crippen molar-refractivity contribution in [1.29, 1.82) is 0 Å². The fourth-order valence-electron chi connectivity index (χ4n) is 0.437. The van der Waals surface area contributed by atoms with Crippen LogP contribution >= 0.6 is 0 Å². The van der Waals surface area contributed by atoms with Gasteiger partial charge in [-0.1, -0.05) is 0 Å². The van der Waals surface area contributed by atoms with Crippen molar-refractivity contribution in [3.8, 4) is 0 Å². The largest absolute Gasteiger partial charge is 0.436 e. The minimum atomic E-state index is -1.17. The zero-order valence-corrected chi connectivity index (χ0v) is 3.94. The average Bonchev–Trinajstić information content (AvgIpc) is 1.85. The first-order valence-corrected chi connectivity index (χ1v) is 2.05. The molecule has 1 unspecified atom stereocenters. The number of carbonyl (C=O) groups is 1. The molecule has 2 N–H and O–H groups in total. The van der Waals surface area contributed by atoms with Crippen LogP contribution < -0.4 is 0 Å². The summed E-state index contributed by atoms with van der Waals surface area (Å²) in [7, 11) is 0. The number of β-amino-alcohol motifs (C(OH)–C–C–N with tert-alkyl or cyclic N) is 1. The normalized spacial score (nSPS) is 28.5. The van der Waals surface area contributed by atoms with Crippen molar-refractivity contribution in [1.82, 2.24) is 5.06 Å². The Kier molecular flexibility index (Phi) is 1.07. The molecule has 0 bridgehead atoms. The summed E-state index contributed by atoms with van der Waals surface area (Å²) in [6, 6.07) is 0. The molecule has 5 nitrogen and oxygen atoms in total. The van der Waals surface area contributed by atoms with Crippen molar-refractivity contribution in [2.45, 2.75) is 6.29 Å². The summed E-state index contributed by atoms with van der Waals surface area (Å²) in [5.41, 5.74) is 0. The van der Waals surface area contributed by atoms with Crippen LogP contribution in [-0.4, -0.2) is 34.3 Å². The molecular weight excluding hydrogens is 114 g/mol. The maximum atomic E-state index is 10.1. The van der Waals surface area contributed by atoms with Gasteiger partial charge in [0, 0.05) is 0 Å². The molecule has 1 rings (SSSR count). The lowest BCUT2D eigenvalue weighted by molar-refractivity contribution is -0.0412. The number of aliphatic hydroxyl groups excluding tert-OH is 1. The Labute approximate surface area is 45.0 Å². The topological polar surface area (TPSA) is 70.0 Å². The van der Waals surface area contributed by atoms with Crippen LogP contribution in [0.1, 0.15) is 0 Å². The number of carbonyl (C=O) groups excluding carboxylic acids is 1. The van der Waals surface area contributed by atoms with E-state index in [9.17, 15) is 4.79 Å². The predicted molar refractivity (Wildman–Crippen MR) is 21.0 cm³/mol. The highest BCUT2D eigenvalue weighted by atomic mass is 16.7. The minimum absolute atomic E-state index is 0.168. The van der Waals surface area contributed by atoms with Gasteiger partial charge in [-0.3, -0.25) is 5.21 Å². The molecular formula is C3H5NO4. The van der Waals surface area contributed by atoms with Gasteiger partial charge in [-0.25, -0.2) is 4.79 Å². The van der Waals surface area contributed by atoms with Gasteiger partial charge in [0.1, 0.15) is 6.54 Å². The Bertz CT molecular complexity index is 114. The van der Waals surface area contributed by atoms with E-state index in [1.807, 2.05) is 0 Å². The molecule has 1 fully saturated rings. The number of hydroxylamine groups is 2. The van der Waals surface area contributed by atoms with Gasteiger partial charge in [0.05, 0.1) is 0 Å². The number of cyclic esters (lactones) is 1. The second-order valence-electron chi connectivity index (χ2n) is 1.42. The Morgan fingerprint density at radius 3 is 2.62 bits per heavy atom. The fraction of sp³-hybridized carbons (Fsp3) is 0.667. The van der Waals surface area contributed by atoms with Gasteiger partial charge in [0.15, 0.2) is 0 Å². The van der Waals surface area contributed by atoms with Crippen LogP contribution in [0.2, 0.25) is 0 Å². The highest BCUT2D eigenvalue weighted by Crippen LogP contribution is 2.03. The lowest BCUT2D eigenvalue weighted by Gasteiger charge is -1.96. The highest BCUT2D eigenvalue weighted by molar-refractivity contribution is 5.67. The first kappa shape index (κ1) is 5.33. The summed E-state index contributed by atoms with van der Waals surface area (Å²) in [4.78, 5) is 10.1. The van der Waals surface area contributed by atoms with E-state index >= 15 is 0 Å². The van der Waals surface area contributed by atoms with Gasteiger partial charge in [-0.2, -0.15) is 5.06 Å². The number of hydrogen-bond donors (Lipinski definition) is 2. The highest BCUT2D eigenvalue weighted by Gasteiger charge is 2.27. The van der Waals surface area contributed by atoms with Crippen molar-refractivity contribution in [3.63, 3.8) is 0 Å². The summed E-state index contributed by atoms with van der Waals surface area (Å²) in [6.45, 7) is -0.168. The average molecular weight is 119 g/mol. The fourth-order valence-corrected chi connectivity index (χ4v) is 0.437. The molecule has 0 radical (unpaired) electrons. The van der Waals surface area contributed by atoms with Crippen molar-refractivity contribution >= 4 is 6.09 Å². The molecule has 1 saturated heterocycles. The zero-order chi connectivity index (χ0) is 6.15. The third-order valence-corrected chi connectivity index (χ3v) is 0.777. The number of ether oxygens (including phenoxy) is 1. The van der Waals surface area contributed by atoms with Crippen molar-refractivity contribution in [2.24, 2.45) is 0 Å². The molecule has 0 aromatic carbocycles. The summed E-state index contributed by atoms with van der Waals surface area (Å²) in [6.07, 6.45) is -2.08. The first-order chi connectivity index (χ1) is 3.70. The van der Waals surface area contributed by atoms with Crippen LogP contribution in [0.25, 0.3) is 0 Å². The van der Waals surface area contributed by atoms with E-state index in [0.29, 0.717) is 5.06 Å². The molecule has 1 aliphatic heterocycles. The number of aliphatic hydroxyl groups is 1. The van der Waals surface area contributed by atoms with Gasteiger partial charge < -0.3 is 9.84 Å². The predicted octanol–water partition coefficient (Wildman–Crippen LogP) is -0.854. The first-order valence-electron chi connectivity index (χ1n) is 2.05. The monoisotopic (exact) mass is 119 g/mol. The minimum Gasteiger partial charge on any atom is -0.416 e. The number of rotatable bonds is 0. The summed E-state index contributed by atoms with van der Waals surface area (Å²) in [5, 5.41) is 17.1. The SMILES string of the molecule is O=C1OC(O)CN1O. The summed E-state index contributed by atoms with van der Waals surface area (Å²) < 4.78 is 4.07. The van der Waals surface area contributed by atoms with Crippen molar-refractivity contribution in [3.05, 3.63) is 0 Å². The van der Waals surface area contributed by atoms with Crippen LogP contribution in [0, 0.1) is 0 Å². The summed E-state index contributed by atoms with van der Waals surface area (Å²) in [5.74, 6) is 0. The lowest BCUT2D eigenvalue weighted by Crippen LogP contribution is -2.19. The Morgan fingerprint density at radius 1 is 1.88 bits per heavy atom. The van der Waals surface area contributed by atoms with Gasteiger partial charge in [0.2, 0.25) is 6.29 Å². The van der Waals surface area contributed by atoms with E-state index in [2.05, 4.69) is 4.74 Å². The quantitative estimate of drug-likeness (QED) is 0.407. The van der Waals surface area contributed by atoms with Crippen molar-refractivity contribution in [2.75, 3.05) is 6.54 Å².